The Balaban J connectivity index is 2.07. The van der Waals surface area contributed by atoms with E-state index in [1.807, 2.05) is 52.0 Å². The summed E-state index contributed by atoms with van der Waals surface area (Å²) in [7, 11) is -4.16. The number of benzene rings is 3. The van der Waals surface area contributed by atoms with Gasteiger partial charge in [0.15, 0.2) is 0 Å². The molecule has 7 nitrogen and oxygen atoms in total. The van der Waals surface area contributed by atoms with E-state index in [1.54, 1.807) is 44.2 Å². The topological polar surface area (TPSA) is 86.8 Å². The molecule has 2 atom stereocenters. The molecule has 0 aliphatic rings. The molecule has 0 saturated carbocycles. The van der Waals surface area contributed by atoms with E-state index in [4.69, 9.17) is 11.6 Å². The molecule has 0 radical (unpaired) electrons. The molecule has 2 amide bonds. The summed E-state index contributed by atoms with van der Waals surface area (Å²) in [6.07, 6.45) is 0.737. The van der Waals surface area contributed by atoms with Crippen molar-refractivity contribution in [2.45, 2.75) is 71.5 Å². The summed E-state index contributed by atoms with van der Waals surface area (Å²) < 4.78 is 29.1. The van der Waals surface area contributed by atoms with E-state index >= 15 is 0 Å². The molecule has 0 aromatic heterocycles. The smallest absolute Gasteiger partial charge is 0.264 e. The van der Waals surface area contributed by atoms with Gasteiger partial charge in [0.1, 0.15) is 12.6 Å². The zero-order chi connectivity index (χ0) is 29.6. The zero-order valence-corrected chi connectivity index (χ0v) is 25.5. The second kappa shape index (κ2) is 13.3. The number of nitrogens with zero attached hydrogens (tertiary/aromatic N) is 2. The van der Waals surface area contributed by atoms with Gasteiger partial charge in [-0.3, -0.25) is 13.9 Å². The van der Waals surface area contributed by atoms with Gasteiger partial charge in [-0.2, -0.15) is 0 Å². The van der Waals surface area contributed by atoms with Crippen LogP contribution in [-0.2, 0) is 26.2 Å². The Labute approximate surface area is 243 Å². The first-order valence-corrected chi connectivity index (χ1v) is 15.2. The minimum absolute atomic E-state index is 0.0538. The average Bonchev–Trinajstić information content (AvgIpc) is 2.91. The van der Waals surface area contributed by atoms with E-state index in [-0.39, 0.29) is 23.4 Å². The molecular formula is C31H38ClN3O4S. The van der Waals surface area contributed by atoms with E-state index in [0.29, 0.717) is 16.3 Å². The molecule has 0 heterocycles. The fourth-order valence-electron chi connectivity index (χ4n) is 4.27. The molecule has 40 heavy (non-hydrogen) atoms. The Kier molecular flexibility index (Phi) is 10.4. The molecule has 3 aromatic carbocycles. The largest absolute Gasteiger partial charge is 0.352 e. The molecule has 1 N–H and O–H groups in total. The molecule has 0 aliphatic carbocycles. The average molecular weight is 584 g/mol. The van der Waals surface area contributed by atoms with Crippen molar-refractivity contribution in [2.75, 3.05) is 10.8 Å². The number of rotatable bonds is 11. The number of amides is 2. The Hall–Kier alpha value is -3.36. The summed E-state index contributed by atoms with van der Waals surface area (Å²) in [5.74, 6) is -0.814. The summed E-state index contributed by atoms with van der Waals surface area (Å²) in [5, 5.41) is 3.32. The number of carbonyl (C=O) groups excluding carboxylic acids is 2. The van der Waals surface area contributed by atoms with Gasteiger partial charge < -0.3 is 10.2 Å². The zero-order valence-electron chi connectivity index (χ0n) is 23.9. The molecule has 0 fully saturated rings. The van der Waals surface area contributed by atoms with E-state index in [2.05, 4.69) is 5.32 Å². The minimum Gasteiger partial charge on any atom is -0.352 e. The summed E-state index contributed by atoms with van der Waals surface area (Å²) in [4.78, 5) is 28.7. The highest BCUT2D eigenvalue weighted by Gasteiger charge is 2.33. The summed E-state index contributed by atoms with van der Waals surface area (Å²) >= 11 is 6.38. The molecule has 0 saturated heterocycles. The van der Waals surface area contributed by atoms with Crippen molar-refractivity contribution in [3.8, 4) is 0 Å². The lowest BCUT2D eigenvalue weighted by Gasteiger charge is -2.33. The first-order chi connectivity index (χ1) is 18.8. The van der Waals surface area contributed by atoms with E-state index in [9.17, 15) is 18.0 Å². The molecule has 0 spiro atoms. The van der Waals surface area contributed by atoms with Crippen LogP contribution in [0.15, 0.2) is 71.6 Å². The summed E-state index contributed by atoms with van der Waals surface area (Å²) in [6, 6.07) is 18.2. The monoisotopic (exact) mass is 583 g/mol. The number of hydrogen-bond donors (Lipinski definition) is 1. The Bertz CT molecular complexity index is 1460. The van der Waals surface area contributed by atoms with Crippen LogP contribution in [0.1, 0.15) is 49.4 Å². The van der Waals surface area contributed by atoms with Crippen LogP contribution in [0.3, 0.4) is 0 Å². The van der Waals surface area contributed by atoms with Crippen molar-refractivity contribution in [1.82, 2.24) is 10.2 Å². The normalized spacial score (nSPS) is 12.9. The Morgan fingerprint density at radius 3 is 2.20 bits per heavy atom. The van der Waals surface area contributed by atoms with Gasteiger partial charge in [0.25, 0.3) is 10.0 Å². The molecule has 214 valence electrons. The van der Waals surface area contributed by atoms with Crippen molar-refractivity contribution in [3.63, 3.8) is 0 Å². The lowest BCUT2D eigenvalue weighted by molar-refractivity contribution is -0.139. The predicted octanol–water partition coefficient (Wildman–Crippen LogP) is 5.79. The SMILES string of the molecule is CC[C@@H](C)NC(=O)[C@H](C)N(Cc1cccc(C)c1)C(=O)CN(c1cccc(Cl)c1C)S(=O)(=O)c1ccc(C)cc1. The molecule has 0 unspecified atom stereocenters. The number of aryl methyl sites for hydroxylation is 2. The maximum atomic E-state index is 14.1. The number of sulfonamides is 1. The molecule has 9 heteroatoms. The minimum atomic E-state index is -4.16. The highest BCUT2D eigenvalue weighted by molar-refractivity contribution is 7.92. The van der Waals surface area contributed by atoms with Crippen LogP contribution in [0.4, 0.5) is 5.69 Å². The molecular weight excluding hydrogens is 546 g/mol. The van der Waals surface area contributed by atoms with Crippen LogP contribution < -0.4 is 9.62 Å². The van der Waals surface area contributed by atoms with Crippen molar-refractivity contribution >= 4 is 39.1 Å². The quantitative estimate of drug-likeness (QED) is 0.309. The van der Waals surface area contributed by atoms with E-state index in [0.717, 1.165) is 27.4 Å². The first-order valence-electron chi connectivity index (χ1n) is 13.3. The van der Waals surface area contributed by atoms with Gasteiger partial charge in [-0.25, -0.2) is 8.42 Å². The van der Waals surface area contributed by atoms with Crippen molar-refractivity contribution < 1.29 is 18.0 Å². The highest BCUT2D eigenvalue weighted by Crippen LogP contribution is 2.31. The number of hydrogen-bond acceptors (Lipinski definition) is 4. The first kappa shape index (κ1) is 31.2. The fourth-order valence-corrected chi connectivity index (χ4v) is 5.91. The van der Waals surface area contributed by atoms with Crippen LogP contribution in [0.25, 0.3) is 0 Å². The van der Waals surface area contributed by atoms with Gasteiger partial charge in [0.05, 0.1) is 10.6 Å². The predicted molar refractivity (Wildman–Crippen MR) is 161 cm³/mol. The van der Waals surface area contributed by atoms with Crippen LogP contribution in [-0.4, -0.2) is 43.8 Å². The third-order valence-corrected chi connectivity index (χ3v) is 9.18. The lowest BCUT2D eigenvalue weighted by atomic mass is 10.1. The lowest BCUT2D eigenvalue weighted by Crippen LogP contribution is -2.52. The Morgan fingerprint density at radius 1 is 0.925 bits per heavy atom. The number of carbonyl (C=O) groups is 2. The maximum absolute atomic E-state index is 14.1. The van der Waals surface area contributed by atoms with Gasteiger partial charge in [0.2, 0.25) is 11.8 Å². The van der Waals surface area contributed by atoms with Crippen molar-refractivity contribution in [2.24, 2.45) is 0 Å². The van der Waals surface area contributed by atoms with E-state index < -0.39 is 28.5 Å². The second-order valence-corrected chi connectivity index (χ2v) is 12.5. The fraction of sp³-hybridized carbons (Fsp3) is 0.355. The van der Waals surface area contributed by atoms with Crippen LogP contribution in [0.5, 0.6) is 0 Å². The standard InChI is InChI=1S/C31H38ClN3O4S/c1-7-23(4)33-31(37)25(6)34(19-26-11-8-10-22(3)18-26)30(36)20-35(29-13-9-12-28(32)24(29)5)40(38,39)27-16-14-21(2)15-17-27/h8-18,23,25H,7,19-20H2,1-6H3,(H,33,37)/t23-,25+/m1/s1. The van der Waals surface area contributed by atoms with Crippen LogP contribution in [0, 0.1) is 20.8 Å². The number of anilines is 1. The van der Waals surface area contributed by atoms with Crippen LogP contribution in [0.2, 0.25) is 5.02 Å². The third-order valence-electron chi connectivity index (χ3n) is 7.00. The highest BCUT2D eigenvalue weighted by atomic mass is 35.5. The maximum Gasteiger partial charge on any atom is 0.264 e. The van der Waals surface area contributed by atoms with Gasteiger partial charge in [-0.15, -0.1) is 0 Å². The molecule has 3 aromatic rings. The summed E-state index contributed by atoms with van der Waals surface area (Å²) in [5.41, 5.74) is 3.59. The molecule has 0 bridgehead atoms. The van der Waals surface area contributed by atoms with Crippen LogP contribution >= 0.6 is 11.6 Å². The van der Waals surface area contributed by atoms with Crippen molar-refractivity contribution in [3.05, 3.63) is 94.0 Å². The number of nitrogens with one attached hydrogen (secondary N) is 1. The van der Waals surface area contributed by atoms with Gasteiger partial charge in [-0.1, -0.05) is 72.1 Å². The van der Waals surface area contributed by atoms with E-state index in [1.165, 1.54) is 17.0 Å². The summed E-state index contributed by atoms with van der Waals surface area (Å²) in [6.45, 7) is 10.7. The molecule has 0 aliphatic heterocycles. The second-order valence-electron chi connectivity index (χ2n) is 10.2. The van der Waals surface area contributed by atoms with Gasteiger partial charge in [-0.05, 0) is 76.4 Å². The van der Waals surface area contributed by atoms with Crippen molar-refractivity contribution in [1.29, 1.82) is 0 Å². The molecule has 3 rings (SSSR count). The Morgan fingerprint density at radius 2 is 1.57 bits per heavy atom. The third kappa shape index (κ3) is 7.43. The number of halogens is 1. The van der Waals surface area contributed by atoms with Gasteiger partial charge >= 0.3 is 0 Å². The van der Waals surface area contributed by atoms with Gasteiger partial charge in [0, 0.05) is 17.6 Å².